The van der Waals surface area contributed by atoms with E-state index in [4.69, 9.17) is 9.47 Å². The molecule has 2 aliphatic rings. The van der Waals surface area contributed by atoms with Crippen molar-refractivity contribution in [1.29, 1.82) is 0 Å². The van der Waals surface area contributed by atoms with Crippen LogP contribution < -0.4 is 5.32 Å². The Kier molecular flexibility index (Phi) is 8.90. The maximum atomic E-state index is 12.0. The monoisotopic (exact) mass is 413 g/mol. The molecule has 1 aliphatic heterocycles. The van der Waals surface area contributed by atoms with Crippen molar-refractivity contribution in [2.75, 3.05) is 25.7 Å². The summed E-state index contributed by atoms with van der Waals surface area (Å²) in [5.74, 6) is 0.698. The van der Waals surface area contributed by atoms with Crippen molar-refractivity contribution in [2.24, 2.45) is 0 Å². The van der Waals surface area contributed by atoms with Gasteiger partial charge in [0, 0.05) is 12.9 Å². The second-order valence-corrected chi connectivity index (χ2v) is 9.97. The molecule has 2 rings (SSSR count). The predicted octanol–water partition coefficient (Wildman–Crippen LogP) is 4.70. The lowest BCUT2D eigenvalue weighted by atomic mass is 9.60. The Labute approximate surface area is 177 Å². The number of allylic oxidation sites excluding steroid dienone is 1. The van der Waals surface area contributed by atoms with Gasteiger partial charge in [0.25, 0.3) is 0 Å². The lowest BCUT2D eigenvalue weighted by molar-refractivity contribution is -0.162. The third-order valence-corrected chi connectivity index (χ3v) is 7.61. The number of thioether (sulfide) groups is 1. The molecule has 1 aliphatic carbocycles. The molecule has 0 aromatic carbocycles. The maximum Gasteiger partial charge on any atom is 0.116 e. The van der Waals surface area contributed by atoms with Gasteiger partial charge in [0.15, 0.2) is 0 Å². The minimum atomic E-state index is -0.843. The molecule has 0 spiro atoms. The van der Waals surface area contributed by atoms with Crippen molar-refractivity contribution in [3.05, 3.63) is 11.6 Å². The molecule has 0 aromatic heterocycles. The molecule has 28 heavy (non-hydrogen) atoms. The van der Waals surface area contributed by atoms with Crippen LogP contribution in [0, 0.1) is 0 Å². The van der Waals surface area contributed by atoms with Crippen LogP contribution in [0.4, 0.5) is 0 Å². The number of rotatable bonds is 12. The molecule has 0 aromatic rings. The molecule has 164 valence electrons. The highest BCUT2D eigenvalue weighted by Gasteiger charge is 2.75. The highest BCUT2D eigenvalue weighted by Crippen LogP contribution is 2.57. The zero-order valence-electron chi connectivity index (χ0n) is 19.0. The van der Waals surface area contributed by atoms with Crippen LogP contribution in [-0.2, 0) is 9.47 Å². The average Bonchev–Trinajstić information content (AvgIpc) is 3.32. The number of aliphatic hydroxyl groups is 1. The van der Waals surface area contributed by atoms with Gasteiger partial charge in [-0.05, 0) is 65.7 Å². The molecule has 0 bridgehead atoms. The van der Waals surface area contributed by atoms with Gasteiger partial charge in [0.2, 0.25) is 0 Å². The van der Waals surface area contributed by atoms with Gasteiger partial charge in [-0.2, -0.15) is 11.8 Å². The van der Waals surface area contributed by atoms with E-state index in [1.807, 2.05) is 0 Å². The number of epoxide rings is 1. The summed E-state index contributed by atoms with van der Waals surface area (Å²) in [5.41, 5.74) is -0.534. The minimum absolute atomic E-state index is 0.0497. The summed E-state index contributed by atoms with van der Waals surface area (Å²) >= 11 is 1.72. The van der Waals surface area contributed by atoms with Crippen molar-refractivity contribution in [2.45, 2.75) is 108 Å². The van der Waals surface area contributed by atoms with Gasteiger partial charge >= 0.3 is 0 Å². The third kappa shape index (κ3) is 4.64. The first-order chi connectivity index (χ1) is 13.3. The van der Waals surface area contributed by atoms with E-state index in [2.05, 4.69) is 45.3 Å². The average molecular weight is 414 g/mol. The molecule has 4 nitrogen and oxygen atoms in total. The van der Waals surface area contributed by atoms with E-state index < -0.39 is 16.7 Å². The highest BCUT2D eigenvalue weighted by atomic mass is 32.2. The van der Waals surface area contributed by atoms with E-state index in [0.717, 1.165) is 38.6 Å². The van der Waals surface area contributed by atoms with Crippen molar-refractivity contribution >= 4 is 11.8 Å². The standard InChI is InChI=1S/C23H43NO3S/c1-7-8-9-10-16-24-23(21(4)19(27-21)14-13-18(2)3)20(26-5)12-11-15-22(23,25)17-28-6/h13,19-20,24-25H,7-12,14-17H2,1-6H3. The fourth-order valence-corrected chi connectivity index (χ4v) is 6.16. The Morgan fingerprint density at radius 1 is 1.32 bits per heavy atom. The molecule has 1 saturated heterocycles. The molecule has 5 heteroatoms. The first kappa shape index (κ1) is 24.2. The Morgan fingerprint density at radius 2 is 2.07 bits per heavy atom. The van der Waals surface area contributed by atoms with Crippen LogP contribution in [0.3, 0.4) is 0 Å². The second kappa shape index (κ2) is 10.3. The number of unbranched alkanes of at least 4 members (excludes halogenated alkanes) is 3. The normalized spacial score (nSPS) is 37.7. The Bertz CT molecular complexity index is 520. The largest absolute Gasteiger partial charge is 0.387 e. The molecule has 1 heterocycles. The first-order valence-electron chi connectivity index (χ1n) is 11.1. The molecular weight excluding hydrogens is 370 g/mol. The van der Waals surface area contributed by atoms with Crippen molar-refractivity contribution in [3.63, 3.8) is 0 Å². The molecule has 5 unspecified atom stereocenters. The summed E-state index contributed by atoms with van der Waals surface area (Å²) in [4.78, 5) is 0. The van der Waals surface area contributed by atoms with Crippen molar-refractivity contribution < 1.29 is 14.6 Å². The topological polar surface area (TPSA) is 54.0 Å². The van der Waals surface area contributed by atoms with Crippen LogP contribution in [0.1, 0.15) is 79.1 Å². The van der Waals surface area contributed by atoms with E-state index in [9.17, 15) is 5.11 Å². The zero-order valence-corrected chi connectivity index (χ0v) is 19.8. The molecule has 1 saturated carbocycles. The van der Waals surface area contributed by atoms with Gasteiger partial charge in [0.05, 0.1) is 17.8 Å². The fourth-order valence-electron chi connectivity index (χ4n) is 5.31. The summed E-state index contributed by atoms with van der Waals surface area (Å²) in [7, 11) is 1.79. The zero-order chi connectivity index (χ0) is 20.8. The molecule has 5 atom stereocenters. The smallest absolute Gasteiger partial charge is 0.116 e. The van der Waals surface area contributed by atoms with Crippen molar-refractivity contribution in [1.82, 2.24) is 5.32 Å². The summed E-state index contributed by atoms with van der Waals surface area (Å²) in [6.07, 6.45) is 12.9. The van der Waals surface area contributed by atoms with Crippen LogP contribution >= 0.6 is 11.8 Å². The summed E-state index contributed by atoms with van der Waals surface area (Å²) in [5, 5.41) is 15.9. The predicted molar refractivity (Wildman–Crippen MR) is 120 cm³/mol. The van der Waals surface area contributed by atoms with Gasteiger partial charge in [-0.1, -0.05) is 37.8 Å². The summed E-state index contributed by atoms with van der Waals surface area (Å²) in [6, 6.07) is 0. The maximum absolute atomic E-state index is 12.0. The number of ether oxygens (including phenoxy) is 2. The van der Waals surface area contributed by atoms with Crippen LogP contribution in [0.5, 0.6) is 0 Å². The molecule has 2 fully saturated rings. The SMILES string of the molecule is CCCCCCNC1(C2(C)OC2CC=C(C)C)C(OC)CCCC1(O)CSC. The van der Waals surface area contributed by atoms with E-state index in [-0.39, 0.29) is 12.2 Å². The molecule has 0 amide bonds. The van der Waals surface area contributed by atoms with E-state index >= 15 is 0 Å². The third-order valence-electron chi connectivity index (χ3n) is 6.84. The lowest BCUT2D eigenvalue weighted by Gasteiger charge is -2.57. The Balaban J connectivity index is 2.34. The molecule has 2 N–H and O–H groups in total. The first-order valence-corrected chi connectivity index (χ1v) is 12.5. The van der Waals surface area contributed by atoms with Crippen LogP contribution in [0.15, 0.2) is 11.6 Å². The fraction of sp³-hybridized carbons (Fsp3) is 0.913. The quantitative estimate of drug-likeness (QED) is 0.276. The van der Waals surface area contributed by atoms with Gasteiger partial charge in [-0.15, -0.1) is 0 Å². The van der Waals surface area contributed by atoms with Gasteiger partial charge in [-0.3, -0.25) is 0 Å². The molecule has 0 radical (unpaired) electrons. The van der Waals surface area contributed by atoms with Crippen LogP contribution in [-0.4, -0.2) is 59.7 Å². The number of nitrogens with one attached hydrogen (secondary N) is 1. The van der Waals surface area contributed by atoms with Crippen molar-refractivity contribution in [3.8, 4) is 0 Å². The van der Waals surface area contributed by atoms with Crippen LogP contribution in [0.25, 0.3) is 0 Å². The van der Waals surface area contributed by atoms with Gasteiger partial charge in [-0.25, -0.2) is 0 Å². The van der Waals surface area contributed by atoms with E-state index in [1.54, 1.807) is 18.9 Å². The van der Waals surface area contributed by atoms with E-state index in [0.29, 0.717) is 5.75 Å². The van der Waals surface area contributed by atoms with Gasteiger partial charge in [0.1, 0.15) is 11.1 Å². The summed E-state index contributed by atoms with van der Waals surface area (Å²) in [6.45, 7) is 9.58. The Hall–Kier alpha value is -0.0700. The molecular formula is C23H43NO3S. The minimum Gasteiger partial charge on any atom is -0.387 e. The highest BCUT2D eigenvalue weighted by molar-refractivity contribution is 7.98. The Morgan fingerprint density at radius 3 is 2.68 bits per heavy atom. The number of hydrogen-bond acceptors (Lipinski definition) is 5. The number of methoxy groups -OCH3 is 1. The van der Waals surface area contributed by atoms with Gasteiger partial charge < -0.3 is 19.9 Å². The summed E-state index contributed by atoms with van der Waals surface area (Å²) < 4.78 is 12.4. The van der Waals surface area contributed by atoms with Crippen LogP contribution in [0.2, 0.25) is 0 Å². The van der Waals surface area contributed by atoms with E-state index in [1.165, 1.54) is 24.8 Å². The number of hydrogen-bond donors (Lipinski definition) is 2. The second-order valence-electron chi connectivity index (χ2n) is 9.11. The lowest BCUT2D eigenvalue weighted by Crippen LogP contribution is -2.78.